The molecule has 1 atom stereocenters. The number of nitrogens with two attached hydrogens (primary N) is 1. The summed E-state index contributed by atoms with van der Waals surface area (Å²) in [5, 5.41) is 1.11. The van der Waals surface area contributed by atoms with Crippen LogP contribution in [0.3, 0.4) is 0 Å². The van der Waals surface area contributed by atoms with Crippen molar-refractivity contribution in [2.75, 3.05) is 23.7 Å². The lowest BCUT2D eigenvalue weighted by Gasteiger charge is -2.20. The summed E-state index contributed by atoms with van der Waals surface area (Å²) in [7, 11) is 0. The Balaban J connectivity index is 1.98. The zero-order chi connectivity index (χ0) is 12.7. The number of benzene rings is 1. The molecule has 1 unspecified atom stereocenters. The van der Waals surface area contributed by atoms with Gasteiger partial charge < -0.3 is 10.6 Å². The van der Waals surface area contributed by atoms with Gasteiger partial charge in [0.1, 0.15) is 0 Å². The van der Waals surface area contributed by atoms with Gasteiger partial charge in [-0.05, 0) is 31.4 Å². The molecule has 0 amide bonds. The van der Waals surface area contributed by atoms with Crippen LogP contribution in [-0.2, 0) is 0 Å². The Morgan fingerprint density at radius 3 is 3.06 bits per heavy atom. The number of fused-ring (bicyclic) bond motifs is 1. The average molecular weight is 261 g/mol. The number of rotatable bonds is 2. The van der Waals surface area contributed by atoms with Crippen LogP contribution >= 0.6 is 11.3 Å². The normalized spacial score (nSPS) is 19.9. The Bertz CT molecular complexity index is 576. The van der Waals surface area contributed by atoms with Gasteiger partial charge in [-0.1, -0.05) is 13.3 Å². The summed E-state index contributed by atoms with van der Waals surface area (Å²) in [5.41, 5.74) is 9.35. The molecule has 1 fully saturated rings. The van der Waals surface area contributed by atoms with Crippen molar-refractivity contribution in [3.8, 4) is 0 Å². The van der Waals surface area contributed by atoms with E-state index < -0.39 is 0 Å². The predicted molar refractivity (Wildman–Crippen MR) is 79.4 cm³/mol. The van der Waals surface area contributed by atoms with Gasteiger partial charge in [0, 0.05) is 13.1 Å². The number of nitrogens with zero attached hydrogens (tertiary/aromatic N) is 2. The SMILES string of the molecule is CCC1CCN(c2cc3nc(C)sc3cc2N)C1. The maximum absolute atomic E-state index is 6.20. The average Bonchev–Trinajstić information content (AvgIpc) is 2.92. The minimum absolute atomic E-state index is 0.817. The molecule has 0 bridgehead atoms. The van der Waals surface area contributed by atoms with E-state index in [0.29, 0.717) is 0 Å². The summed E-state index contributed by atoms with van der Waals surface area (Å²) in [5.74, 6) is 0.817. The van der Waals surface area contributed by atoms with Crippen LogP contribution in [0.25, 0.3) is 10.2 Å². The van der Waals surface area contributed by atoms with E-state index in [1.54, 1.807) is 11.3 Å². The fourth-order valence-electron chi connectivity index (χ4n) is 2.75. The van der Waals surface area contributed by atoms with E-state index in [-0.39, 0.29) is 0 Å². The van der Waals surface area contributed by atoms with Crippen LogP contribution < -0.4 is 10.6 Å². The Hall–Kier alpha value is -1.29. The summed E-state index contributed by atoms with van der Waals surface area (Å²) in [6.07, 6.45) is 2.54. The van der Waals surface area contributed by atoms with Gasteiger partial charge in [0.25, 0.3) is 0 Å². The first-order valence-electron chi connectivity index (χ1n) is 6.59. The van der Waals surface area contributed by atoms with Gasteiger partial charge in [-0.3, -0.25) is 0 Å². The molecule has 2 heterocycles. The lowest BCUT2D eigenvalue weighted by Crippen LogP contribution is -2.20. The highest BCUT2D eigenvalue weighted by Crippen LogP contribution is 2.35. The van der Waals surface area contributed by atoms with Crippen LogP contribution in [0.2, 0.25) is 0 Å². The first-order chi connectivity index (χ1) is 8.67. The Kier molecular flexibility index (Phi) is 2.90. The maximum atomic E-state index is 6.20. The standard InChI is InChI=1S/C14H19N3S/c1-3-10-4-5-17(8-10)13-7-12-14(6-11(13)15)18-9(2)16-12/h6-7,10H,3-5,8,15H2,1-2H3. The van der Waals surface area contributed by atoms with Crippen LogP contribution in [0.15, 0.2) is 12.1 Å². The first-order valence-corrected chi connectivity index (χ1v) is 7.40. The molecule has 1 aliphatic heterocycles. The van der Waals surface area contributed by atoms with Gasteiger partial charge in [0.05, 0.1) is 26.6 Å². The topological polar surface area (TPSA) is 42.2 Å². The van der Waals surface area contributed by atoms with E-state index in [0.717, 1.165) is 35.2 Å². The first kappa shape index (κ1) is 11.8. The molecule has 3 rings (SSSR count). The van der Waals surface area contributed by atoms with Crippen LogP contribution in [0.4, 0.5) is 11.4 Å². The molecule has 1 aliphatic rings. The molecule has 0 spiro atoms. The quantitative estimate of drug-likeness (QED) is 0.842. The largest absolute Gasteiger partial charge is 0.397 e. The van der Waals surface area contributed by atoms with Crippen LogP contribution in [0.5, 0.6) is 0 Å². The van der Waals surface area contributed by atoms with E-state index in [2.05, 4.69) is 28.9 Å². The van der Waals surface area contributed by atoms with Crippen molar-refractivity contribution < 1.29 is 0 Å². The van der Waals surface area contributed by atoms with E-state index in [1.807, 2.05) is 6.92 Å². The highest BCUT2D eigenvalue weighted by Gasteiger charge is 2.23. The van der Waals surface area contributed by atoms with E-state index in [9.17, 15) is 0 Å². The maximum Gasteiger partial charge on any atom is 0.0907 e. The number of nitrogen functional groups attached to an aromatic ring is 1. The molecule has 2 aromatic rings. The molecule has 0 radical (unpaired) electrons. The molecule has 1 saturated heterocycles. The van der Waals surface area contributed by atoms with Crippen molar-refractivity contribution in [2.24, 2.45) is 5.92 Å². The number of hydrogen-bond acceptors (Lipinski definition) is 4. The Morgan fingerprint density at radius 1 is 1.50 bits per heavy atom. The second kappa shape index (κ2) is 4.43. The van der Waals surface area contributed by atoms with Crippen molar-refractivity contribution >= 4 is 32.9 Å². The number of anilines is 2. The highest BCUT2D eigenvalue weighted by atomic mass is 32.1. The zero-order valence-corrected chi connectivity index (χ0v) is 11.8. The molecular weight excluding hydrogens is 242 g/mol. The molecule has 1 aromatic heterocycles. The number of hydrogen-bond donors (Lipinski definition) is 1. The molecule has 96 valence electrons. The van der Waals surface area contributed by atoms with Crippen molar-refractivity contribution in [3.05, 3.63) is 17.1 Å². The molecule has 0 aliphatic carbocycles. The number of aromatic nitrogens is 1. The second-order valence-corrected chi connectivity index (χ2v) is 6.36. The van der Waals surface area contributed by atoms with E-state index >= 15 is 0 Å². The zero-order valence-electron chi connectivity index (χ0n) is 10.9. The van der Waals surface area contributed by atoms with Gasteiger partial charge in [0.2, 0.25) is 0 Å². The third kappa shape index (κ3) is 1.94. The summed E-state index contributed by atoms with van der Waals surface area (Å²) in [6.45, 7) is 6.57. The third-order valence-electron chi connectivity index (χ3n) is 3.85. The van der Waals surface area contributed by atoms with Crippen molar-refractivity contribution in [1.29, 1.82) is 0 Å². The van der Waals surface area contributed by atoms with Crippen molar-refractivity contribution in [1.82, 2.24) is 4.98 Å². The van der Waals surface area contributed by atoms with E-state index in [4.69, 9.17) is 5.73 Å². The molecule has 3 nitrogen and oxygen atoms in total. The lowest BCUT2D eigenvalue weighted by molar-refractivity contribution is 0.569. The number of aryl methyl sites for hydroxylation is 1. The monoisotopic (exact) mass is 261 g/mol. The minimum atomic E-state index is 0.817. The minimum Gasteiger partial charge on any atom is -0.397 e. The van der Waals surface area contributed by atoms with E-state index in [1.165, 1.54) is 23.2 Å². The summed E-state index contributed by atoms with van der Waals surface area (Å²) in [4.78, 5) is 6.98. The van der Waals surface area contributed by atoms with Gasteiger partial charge in [-0.25, -0.2) is 4.98 Å². The highest BCUT2D eigenvalue weighted by molar-refractivity contribution is 7.18. The van der Waals surface area contributed by atoms with Crippen LogP contribution in [0.1, 0.15) is 24.8 Å². The number of thiazole rings is 1. The second-order valence-electron chi connectivity index (χ2n) is 5.12. The Labute approximate surface area is 112 Å². The third-order valence-corrected chi connectivity index (χ3v) is 4.78. The van der Waals surface area contributed by atoms with Crippen LogP contribution in [-0.4, -0.2) is 18.1 Å². The van der Waals surface area contributed by atoms with Gasteiger partial charge in [0.15, 0.2) is 0 Å². The van der Waals surface area contributed by atoms with Gasteiger partial charge >= 0.3 is 0 Å². The van der Waals surface area contributed by atoms with Crippen molar-refractivity contribution in [2.45, 2.75) is 26.7 Å². The van der Waals surface area contributed by atoms with Gasteiger partial charge in [-0.15, -0.1) is 11.3 Å². The fourth-order valence-corrected chi connectivity index (χ4v) is 3.61. The molecule has 1 aromatic carbocycles. The predicted octanol–water partition coefficient (Wildman–Crippen LogP) is 3.42. The lowest BCUT2D eigenvalue weighted by atomic mass is 10.1. The fraction of sp³-hybridized carbons (Fsp3) is 0.500. The summed E-state index contributed by atoms with van der Waals surface area (Å²) >= 11 is 1.71. The molecule has 18 heavy (non-hydrogen) atoms. The molecule has 0 saturated carbocycles. The Morgan fingerprint density at radius 2 is 2.33 bits per heavy atom. The van der Waals surface area contributed by atoms with Crippen molar-refractivity contribution in [3.63, 3.8) is 0 Å². The smallest absolute Gasteiger partial charge is 0.0907 e. The van der Waals surface area contributed by atoms with Gasteiger partial charge in [-0.2, -0.15) is 0 Å². The van der Waals surface area contributed by atoms with Crippen LogP contribution in [0, 0.1) is 12.8 Å². The molecule has 2 N–H and O–H groups in total. The summed E-state index contributed by atoms with van der Waals surface area (Å²) < 4.78 is 1.19. The summed E-state index contributed by atoms with van der Waals surface area (Å²) in [6, 6.07) is 4.24. The molecule has 4 heteroatoms. The molecular formula is C14H19N3S.